The van der Waals surface area contributed by atoms with Crippen molar-refractivity contribution in [3.8, 4) is 5.75 Å². The van der Waals surface area contributed by atoms with Gasteiger partial charge in [-0.05, 0) is 56.0 Å². The topological polar surface area (TPSA) is 67.9 Å². The molecule has 1 aliphatic rings. The maximum Gasteiger partial charge on any atom is 0.341 e. The second-order valence-corrected chi connectivity index (χ2v) is 8.20. The summed E-state index contributed by atoms with van der Waals surface area (Å²) in [6.07, 6.45) is 3.86. The molecule has 0 unspecified atom stereocenters. The highest BCUT2D eigenvalue weighted by Gasteiger charge is 2.27. The van der Waals surface area contributed by atoms with Crippen molar-refractivity contribution in [3.63, 3.8) is 0 Å². The maximum absolute atomic E-state index is 13.9. The SMILES string of the molecule is COC(=O)c1c(NC(=O)CN(C)Cc2ccc(OC)c(F)c2)sc2c1CCCC2. The molecule has 1 aliphatic carbocycles. The number of rotatable bonds is 7. The third kappa shape index (κ3) is 4.94. The molecule has 0 saturated carbocycles. The monoisotopic (exact) mass is 420 g/mol. The van der Waals surface area contributed by atoms with Gasteiger partial charge in [0.1, 0.15) is 5.00 Å². The minimum Gasteiger partial charge on any atom is -0.494 e. The molecule has 6 nitrogen and oxygen atoms in total. The van der Waals surface area contributed by atoms with Gasteiger partial charge in [-0.25, -0.2) is 9.18 Å². The number of methoxy groups -OCH3 is 2. The summed E-state index contributed by atoms with van der Waals surface area (Å²) in [5.74, 6) is -0.895. The number of thiophene rings is 1. The Balaban J connectivity index is 1.67. The summed E-state index contributed by atoms with van der Waals surface area (Å²) in [6.45, 7) is 0.510. The Hall–Kier alpha value is -2.45. The van der Waals surface area contributed by atoms with Crippen LogP contribution in [0, 0.1) is 5.82 Å². The number of anilines is 1. The lowest BCUT2D eigenvalue weighted by Gasteiger charge is -2.17. The van der Waals surface area contributed by atoms with Crippen molar-refractivity contribution in [2.24, 2.45) is 0 Å². The predicted octanol–water partition coefficient (Wildman–Crippen LogP) is 3.63. The molecule has 1 N–H and O–H groups in total. The first-order chi connectivity index (χ1) is 13.9. The Labute approximate surface area is 173 Å². The molecule has 0 radical (unpaired) electrons. The van der Waals surface area contributed by atoms with Gasteiger partial charge in [0.05, 0.1) is 26.3 Å². The molecule has 8 heteroatoms. The number of carbonyl (C=O) groups is 2. The zero-order chi connectivity index (χ0) is 21.0. The number of hydrogen-bond acceptors (Lipinski definition) is 6. The Morgan fingerprint density at radius 3 is 2.69 bits per heavy atom. The van der Waals surface area contributed by atoms with Crippen LogP contribution >= 0.6 is 11.3 Å². The van der Waals surface area contributed by atoms with Crippen LogP contribution in [0.3, 0.4) is 0 Å². The van der Waals surface area contributed by atoms with E-state index < -0.39 is 11.8 Å². The molecule has 0 bridgehead atoms. The number of aryl methyl sites for hydroxylation is 1. The molecule has 1 heterocycles. The summed E-state index contributed by atoms with van der Waals surface area (Å²) < 4.78 is 23.7. The molecule has 0 fully saturated rings. The molecule has 3 rings (SSSR count). The van der Waals surface area contributed by atoms with Gasteiger partial charge in [0.2, 0.25) is 5.91 Å². The fraction of sp³-hybridized carbons (Fsp3) is 0.429. The number of carbonyl (C=O) groups excluding carboxylic acids is 2. The van der Waals surface area contributed by atoms with Crippen LogP contribution in [0.2, 0.25) is 0 Å². The first-order valence-corrected chi connectivity index (χ1v) is 10.3. The molecular weight excluding hydrogens is 395 g/mol. The van der Waals surface area contributed by atoms with Gasteiger partial charge in [-0.3, -0.25) is 9.69 Å². The van der Waals surface area contributed by atoms with E-state index in [9.17, 15) is 14.0 Å². The third-order valence-electron chi connectivity index (χ3n) is 4.90. The van der Waals surface area contributed by atoms with Crippen LogP contribution in [0.25, 0.3) is 0 Å². The average Bonchev–Trinajstić information content (AvgIpc) is 3.04. The zero-order valence-electron chi connectivity index (χ0n) is 16.8. The van der Waals surface area contributed by atoms with Gasteiger partial charge in [0, 0.05) is 11.4 Å². The molecule has 156 valence electrons. The molecule has 1 amide bonds. The van der Waals surface area contributed by atoms with Gasteiger partial charge in [-0.15, -0.1) is 11.3 Å². The Morgan fingerprint density at radius 2 is 2.00 bits per heavy atom. The molecule has 1 aromatic heterocycles. The van der Waals surface area contributed by atoms with Crippen LogP contribution < -0.4 is 10.1 Å². The molecule has 0 aliphatic heterocycles. The normalized spacial score (nSPS) is 13.1. The van der Waals surface area contributed by atoms with E-state index in [1.807, 2.05) is 0 Å². The van der Waals surface area contributed by atoms with Gasteiger partial charge in [0.15, 0.2) is 11.6 Å². The maximum atomic E-state index is 13.9. The van der Waals surface area contributed by atoms with Crippen molar-refractivity contribution in [1.82, 2.24) is 4.90 Å². The summed E-state index contributed by atoms with van der Waals surface area (Å²) >= 11 is 1.46. The number of ether oxygens (including phenoxy) is 2. The van der Waals surface area contributed by atoms with E-state index >= 15 is 0 Å². The smallest absolute Gasteiger partial charge is 0.341 e. The average molecular weight is 421 g/mol. The Bertz CT molecular complexity index is 912. The standard InChI is InChI=1S/C21H25FN2O4S/c1-24(11-13-8-9-16(27-2)15(22)10-13)12-18(25)23-20-19(21(26)28-3)14-6-4-5-7-17(14)29-20/h8-10H,4-7,11-12H2,1-3H3,(H,23,25). The Kier molecular flexibility index (Phi) is 6.87. The lowest BCUT2D eigenvalue weighted by atomic mass is 9.95. The van der Waals surface area contributed by atoms with E-state index in [-0.39, 0.29) is 18.2 Å². The van der Waals surface area contributed by atoms with Gasteiger partial charge in [-0.2, -0.15) is 0 Å². The van der Waals surface area contributed by atoms with E-state index in [4.69, 9.17) is 9.47 Å². The molecule has 0 spiro atoms. The van der Waals surface area contributed by atoms with Gasteiger partial charge in [-0.1, -0.05) is 6.07 Å². The van der Waals surface area contributed by atoms with Crippen LogP contribution in [-0.4, -0.2) is 44.6 Å². The lowest BCUT2D eigenvalue weighted by Crippen LogP contribution is -2.30. The van der Waals surface area contributed by atoms with Crippen molar-refractivity contribution in [2.45, 2.75) is 32.2 Å². The highest BCUT2D eigenvalue weighted by atomic mass is 32.1. The summed E-state index contributed by atoms with van der Waals surface area (Å²) in [4.78, 5) is 27.8. The lowest BCUT2D eigenvalue weighted by molar-refractivity contribution is -0.117. The van der Waals surface area contributed by atoms with Crippen LogP contribution in [0.5, 0.6) is 5.75 Å². The number of fused-ring (bicyclic) bond motifs is 1. The molecule has 29 heavy (non-hydrogen) atoms. The van der Waals surface area contributed by atoms with E-state index in [1.54, 1.807) is 24.1 Å². The summed E-state index contributed by atoms with van der Waals surface area (Å²) in [7, 11) is 4.55. The van der Waals surface area contributed by atoms with Crippen LogP contribution in [0.15, 0.2) is 18.2 Å². The highest BCUT2D eigenvalue weighted by molar-refractivity contribution is 7.17. The summed E-state index contributed by atoms with van der Waals surface area (Å²) in [5.41, 5.74) is 2.23. The predicted molar refractivity (Wildman–Crippen MR) is 110 cm³/mol. The molecule has 0 saturated heterocycles. The number of halogens is 1. The third-order valence-corrected chi connectivity index (χ3v) is 6.10. The van der Waals surface area contributed by atoms with Crippen LogP contribution in [0.4, 0.5) is 9.39 Å². The minimum absolute atomic E-state index is 0.108. The quantitative estimate of drug-likeness (QED) is 0.693. The van der Waals surface area contributed by atoms with Crippen molar-refractivity contribution in [2.75, 3.05) is 33.1 Å². The number of amides is 1. The number of benzene rings is 1. The van der Waals surface area contributed by atoms with Crippen molar-refractivity contribution >= 4 is 28.2 Å². The highest BCUT2D eigenvalue weighted by Crippen LogP contribution is 2.38. The molecule has 0 atom stereocenters. The second kappa shape index (κ2) is 9.37. The van der Waals surface area contributed by atoms with Gasteiger partial charge >= 0.3 is 5.97 Å². The summed E-state index contributed by atoms with van der Waals surface area (Å²) in [5, 5.41) is 3.43. The Morgan fingerprint density at radius 1 is 1.24 bits per heavy atom. The van der Waals surface area contributed by atoms with E-state index in [0.29, 0.717) is 17.1 Å². The number of nitrogens with zero attached hydrogens (tertiary/aromatic N) is 1. The fourth-order valence-electron chi connectivity index (χ4n) is 3.56. The number of hydrogen-bond donors (Lipinski definition) is 1. The van der Waals surface area contributed by atoms with Crippen molar-refractivity contribution in [3.05, 3.63) is 45.6 Å². The van der Waals surface area contributed by atoms with Gasteiger partial charge < -0.3 is 14.8 Å². The molecule has 1 aromatic carbocycles. The largest absolute Gasteiger partial charge is 0.494 e. The summed E-state index contributed by atoms with van der Waals surface area (Å²) in [6, 6.07) is 4.73. The molecular formula is C21H25FN2O4S. The van der Waals surface area contributed by atoms with E-state index in [2.05, 4.69) is 5.32 Å². The minimum atomic E-state index is -0.435. The second-order valence-electron chi connectivity index (χ2n) is 7.10. The zero-order valence-corrected chi connectivity index (χ0v) is 17.7. The molecule has 2 aromatic rings. The number of likely N-dealkylation sites (N-methyl/N-ethyl adjacent to an activating group) is 1. The van der Waals surface area contributed by atoms with E-state index in [0.717, 1.165) is 41.7 Å². The number of esters is 1. The van der Waals surface area contributed by atoms with Crippen LogP contribution in [-0.2, 0) is 28.9 Å². The van der Waals surface area contributed by atoms with Crippen LogP contribution in [0.1, 0.15) is 39.2 Å². The van der Waals surface area contributed by atoms with Crippen molar-refractivity contribution < 1.29 is 23.5 Å². The first-order valence-electron chi connectivity index (χ1n) is 9.46. The number of nitrogens with one attached hydrogen (secondary N) is 1. The van der Waals surface area contributed by atoms with E-state index in [1.165, 1.54) is 31.6 Å². The van der Waals surface area contributed by atoms with Crippen molar-refractivity contribution in [1.29, 1.82) is 0 Å². The fourth-order valence-corrected chi connectivity index (χ4v) is 4.85. The first kappa shape index (κ1) is 21.3. The van der Waals surface area contributed by atoms with Gasteiger partial charge in [0.25, 0.3) is 0 Å².